The normalized spacial score (nSPS) is 21.3. The Morgan fingerprint density at radius 3 is 2.43 bits per heavy atom. The van der Waals surface area contributed by atoms with Crippen molar-refractivity contribution >= 4 is 17.5 Å². The molecule has 0 spiro atoms. The molecule has 2 fully saturated rings. The zero-order valence-corrected chi connectivity index (χ0v) is 14.8. The highest BCUT2D eigenvalue weighted by molar-refractivity contribution is 6.31. The Balaban J connectivity index is 1.78. The van der Waals surface area contributed by atoms with Crippen LogP contribution in [0.25, 0.3) is 0 Å². The van der Waals surface area contributed by atoms with Crippen LogP contribution in [-0.4, -0.2) is 41.5 Å². The number of likely N-dealkylation sites (N-methyl/N-ethyl adjacent to an activating group) is 1. The van der Waals surface area contributed by atoms with E-state index in [-0.39, 0.29) is 11.6 Å². The average molecular weight is 335 g/mol. The van der Waals surface area contributed by atoms with Crippen LogP contribution >= 0.6 is 11.6 Å². The van der Waals surface area contributed by atoms with Gasteiger partial charge in [-0.1, -0.05) is 36.2 Å². The minimum Gasteiger partial charge on any atom is -0.327 e. The van der Waals surface area contributed by atoms with Crippen LogP contribution in [0.5, 0.6) is 0 Å². The molecule has 4 heteroatoms. The van der Waals surface area contributed by atoms with E-state index >= 15 is 0 Å². The summed E-state index contributed by atoms with van der Waals surface area (Å²) in [5.74, 6) is 0.187. The van der Waals surface area contributed by atoms with Crippen LogP contribution in [-0.2, 0) is 11.2 Å². The molecule has 0 radical (unpaired) electrons. The van der Waals surface area contributed by atoms with Gasteiger partial charge in [0, 0.05) is 25.2 Å². The van der Waals surface area contributed by atoms with E-state index in [1.54, 1.807) is 0 Å². The Bertz CT molecular complexity index is 548. The molecule has 0 atom stereocenters. The van der Waals surface area contributed by atoms with E-state index in [0.717, 1.165) is 31.5 Å². The van der Waals surface area contributed by atoms with E-state index < -0.39 is 0 Å². The van der Waals surface area contributed by atoms with Gasteiger partial charge >= 0.3 is 0 Å². The second-order valence-corrected chi connectivity index (χ2v) is 7.37. The molecule has 1 aromatic carbocycles. The first-order valence-corrected chi connectivity index (χ1v) is 9.26. The lowest BCUT2D eigenvalue weighted by Crippen LogP contribution is -2.61. The number of carbonyl (C=O) groups excluding carboxylic acids is 1. The summed E-state index contributed by atoms with van der Waals surface area (Å²) in [6.07, 6.45) is 8.87. The smallest absolute Gasteiger partial charge is 0.228 e. The maximum Gasteiger partial charge on any atom is 0.228 e. The molecule has 0 bridgehead atoms. The number of hydrogen-bond acceptors (Lipinski definition) is 2. The molecule has 1 amide bonds. The topological polar surface area (TPSA) is 23.6 Å². The number of hydrogen-bond donors (Lipinski definition) is 0. The molecule has 1 aliphatic carbocycles. The molecule has 3 rings (SSSR count). The number of carbonyl (C=O) groups is 1. The van der Waals surface area contributed by atoms with Crippen molar-refractivity contribution in [3.63, 3.8) is 0 Å². The predicted octanol–water partition coefficient (Wildman–Crippen LogP) is 4.10. The van der Waals surface area contributed by atoms with Gasteiger partial charge in [0.1, 0.15) is 0 Å². The van der Waals surface area contributed by atoms with Gasteiger partial charge in [-0.2, -0.15) is 0 Å². The van der Waals surface area contributed by atoms with Crippen molar-refractivity contribution < 1.29 is 4.79 Å². The minimum atomic E-state index is -0.0624. The highest BCUT2D eigenvalue weighted by atomic mass is 35.5. The first-order valence-electron chi connectivity index (χ1n) is 8.89. The molecule has 2 aliphatic rings. The van der Waals surface area contributed by atoms with Gasteiger partial charge in [-0.15, -0.1) is 0 Å². The van der Waals surface area contributed by atoms with Gasteiger partial charge in [0.05, 0.1) is 12.1 Å². The summed E-state index contributed by atoms with van der Waals surface area (Å²) in [6.45, 7) is 2.26. The molecule has 1 heterocycles. The molecule has 1 saturated heterocycles. The Hall–Kier alpha value is -1.06. The standard InChI is InChI=1S/C19H27ClN2O/c1-21(18(23)15-16-9-3-4-10-17(16)20)19(11-5-2-6-12-19)22-13-7-8-14-22/h3-4,9-10H,2,5-8,11-15H2,1H3. The molecule has 1 aromatic rings. The van der Waals surface area contributed by atoms with E-state index in [0.29, 0.717) is 11.4 Å². The molecule has 0 aromatic heterocycles. The van der Waals surface area contributed by atoms with Crippen molar-refractivity contribution in [3.8, 4) is 0 Å². The fourth-order valence-electron chi connectivity index (χ4n) is 4.27. The van der Waals surface area contributed by atoms with Gasteiger partial charge in [-0.3, -0.25) is 9.69 Å². The maximum absolute atomic E-state index is 13.0. The molecule has 1 saturated carbocycles. The quantitative estimate of drug-likeness (QED) is 0.827. The lowest BCUT2D eigenvalue weighted by Gasteiger charge is -2.50. The highest BCUT2D eigenvalue weighted by Crippen LogP contribution is 2.38. The fraction of sp³-hybridized carbons (Fsp3) is 0.632. The van der Waals surface area contributed by atoms with E-state index in [1.165, 1.54) is 32.1 Å². The van der Waals surface area contributed by atoms with Gasteiger partial charge in [-0.25, -0.2) is 0 Å². The number of rotatable bonds is 4. The Morgan fingerprint density at radius 2 is 1.78 bits per heavy atom. The van der Waals surface area contributed by atoms with Crippen molar-refractivity contribution in [2.45, 2.75) is 57.0 Å². The van der Waals surface area contributed by atoms with E-state index in [9.17, 15) is 4.79 Å². The number of benzene rings is 1. The third-order valence-electron chi connectivity index (χ3n) is 5.65. The zero-order chi connectivity index (χ0) is 16.3. The van der Waals surface area contributed by atoms with Gasteiger partial charge in [0.15, 0.2) is 0 Å². The third kappa shape index (κ3) is 3.41. The number of nitrogens with zero attached hydrogens (tertiary/aromatic N) is 2. The lowest BCUT2D eigenvalue weighted by molar-refractivity contribution is -0.147. The van der Waals surface area contributed by atoms with Crippen LogP contribution in [0.3, 0.4) is 0 Å². The number of likely N-dealkylation sites (tertiary alicyclic amines) is 1. The summed E-state index contributed by atoms with van der Waals surface area (Å²) in [7, 11) is 2.00. The monoisotopic (exact) mass is 334 g/mol. The first kappa shape index (κ1) is 16.8. The molecule has 1 aliphatic heterocycles. The minimum absolute atomic E-state index is 0.0624. The zero-order valence-electron chi connectivity index (χ0n) is 14.1. The second kappa shape index (κ2) is 7.23. The molecule has 0 N–H and O–H groups in total. The van der Waals surface area contributed by atoms with Crippen molar-refractivity contribution in [2.24, 2.45) is 0 Å². The van der Waals surface area contributed by atoms with Crippen LogP contribution in [0.15, 0.2) is 24.3 Å². The number of amides is 1. The Labute approximate surface area is 144 Å². The summed E-state index contributed by atoms with van der Waals surface area (Å²) in [4.78, 5) is 17.6. The molecule has 0 unspecified atom stereocenters. The summed E-state index contributed by atoms with van der Waals surface area (Å²) in [6, 6.07) is 7.68. The van der Waals surface area contributed by atoms with Crippen molar-refractivity contribution in [1.82, 2.24) is 9.80 Å². The Morgan fingerprint density at radius 1 is 1.13 bits per heavy atom. The van der Waals surface area contributed by atoms with Crippen LogP contribution in [0.2, 0.25) is 5.02 Å². The predicted molar refractivity (Wildman–Crippen MR) is 94.5 cm³/mol. The van der Waals surface area contributed by atoms with Crippen LogP contribution in [0.4, 0.5) is 0 Å². The Kier molecular flexibility index (Phi) is 5.27. The van der Waals surface area contributed by atoms with E-state index in [2.05, 4.69) is 4.90 Å². The van der Waals surface area contributed by atoms with Crippen molar-refractivity contribution in [1.29, 1.82) is 0 Å². The average Bonchev–Trinajstić information content (AvgIpc) is 3.12. The maximum atomic E-state index is 13.0. The summed E-state index contributed by atoms with van der Waals surface area (Å²) in [5, 5.41) is 0.688. The van der Waals surface area contributed by atoms with Crippen LogP contribution < -0.4 is 0 Å². The highest BCUT2D eigenvalue weighted by Gasteiger charge is 2.44. The van der Waals surface area contributed by atoms with Crippen molar-refractivity contribution in [2.75, 3.05) is 20.1 Å². The summed E-state index contributed by atoms with van der Waals surface area (Å²) in [5.41, 5.74) is 0.867. The molecule has 23 heavy (non-hydrogen) atoms. The van der Waals surface area contributed by atoms with E-state index in [1.807, 2.05) is 36.2 Å². The first-order chi connectivity index (χ1) is 11.1. The largest absolute Gasteiger partial charge is 0.327 e. The molecular formula is C19H27ClN2O. The van der Waals surface area contributed by atoms with Gasteiger partial charge < -0.3 is 4.90 Å². The van der Waals surface area contributed by atoms with Gasteiger partial charge in [-0.05, 0) is 50.2 Å². The lowest BCUT2D eigenvalue weighted by atomic mass is 9.86. The summed E-state index contributed by atoms with van der Waals surface area (Å²) < 4.78 is 0. The number of halogens is 1. The SMILES string of the molecule is CN(C(=O)Cc1ccccc1Cl)C1(N2CCCC2)CCCCC1. The van der Waals surface area contributed by atoms with Crippen LogP contribution in [0, 0.1) is 0 Å². The van der Waals surface area contributed by atoms with Gasteiger partial charge in [0.2, 0.25) is 5.91 Å². The summed E-state index contributed by atoms with van der Waals surface area (Å²) >= 11 is 6.24. The molecule has 3 nitrogen and oxygen atoms in total. The molecular weight excluding hydrogens is 308 g/mol. The van der Waals surface area contributed by atoms with Crippen molar-refractivity contribution in [3.05, 3.63) is 34.9 Å². The second-order valence-electron chi connectivity index (χ2n) is 6.96. The van der Waals surface area contributed by atoms with E-state index in [4.69, 9.17) is 11.6 Å². The molecule has 126 valence electrons. The third-order valence-corrected chi connectivity index (χ3v) is 6.02. The van der Waals surface area contributed by atoms with Gasteiger partial charge in [0.25, 0.3) is 0 Å². The van der Waals surface area contributed by atoms with Crippen LogP contribution in [0.1, 0.15) is 50.5 Å². The fourth-order valence-corrected chi connectivity index (χ4v) is 4.47.